The third-order valence-electron chi connectivity index (χ3n) is 2.33. The summed E-state index contributed by atoms with van der Waals surface area (Å²) in [6.07, 6.45) is 0.512. The van der Waals surface area contributed by atoms with Crippen molar-refractivity contribution in [1.29, 1.82) is 0 Å². The molecule has 0 saturated heterocycles. The van der Waals surface area contributed by atoms with E-state index in [0.717, 1.165) is 12.1 Å². The Hall–Kier alpha value is -1.56. The maximum Gasteiger partial charge on any atom is 0.155 e. The van der Waals surface area contributed by atoms with Crippen molar-refractivity contribution in [3.63, 3.8) is 0 Å². The summed E-state index contributed by atoms with van der Waals surface area (Å²) in [5, 5.41) is 3.93. The first-order chi connectivity index (χ1) is 8.06. The fourth-order valence-corrected chi connectivity index (χ4v) is 1.89. The Morgan fingerprint density at radius 3 is 2.47 bits per heavy atom. The van der Waals surface area contributed by atoms with Crippen LogP contribution in [0.25, 0.3) is 11.3 Å². The third kappa shape index (κ3) is 1.88. The number of rotatable bonds is 2. The van der Waals surface area contributed by atoms with E-state index in [1.165, 1.54) is 10.7 Å². The number of hydrogen-bond acceptors (Lipinski definition) is 2. The lowest BCUT2D eigenvalue weighted by molar-refractivity contribution is 0.112. The Kier molecular flexibility index (Phi) is 3.06. The highest BCUT2D eigenvalue weighted by atomic mass is 79.9. The lowest BCUT2D eigenvalue weighted by Crippen LogP contribution is -1.94. The van der Waals surface area contributed by atoms with E-state index in [0.29, 0.717) is 10.9 Å². The van der Waals surface area contributed by atoms with Crippen LogP contribution in [0.4, 0.5) is 8.78 Å². The molecule has 0 fully saturated rings. The summed E-state index contributed by atoms with van der Waals surface area (Å²) >= 11 is 3.13. The van der Waals surface area contributed by atoms with Crippen molar-refractivity contribution in [3.8, 4) is 11.3 Å². The standard InChI is InChI=1S/C11H7BrF2N2O/c1-16-11(12)6(5-17)10(15-16)9-7(13)3-2-4-8(9)14/h2-5H,1H3. The molecule has 17 heavy (non-hydrogen) atoms. The van der Waals surface area contributed by atoms with Crippen molar-refractivity contribution in [2.75, 3.05) is 0 Å². The van der Waals surface area contributed by atoms with E-state index >= 15 is 0 Å². The molecule has 1 heterocycles. The van der Waals surface area contributed by atoms with E-state index in [-0.39, 0.29) is 16.8 Å². The fourth-order valence-electron chi connectivity index (χ4n) is 1.53. The van der Waals surface area contributed by atoms with Gasteiger partial charge in [0, 0.05) is 7.05 Å². The quantitative estimate of drug-likeness (QED) is 0.799. The molecule has 0 aliphatic rings. The zero-order valence-electron chi connectivity index (χ0n) is 8.75. The average Bonchev–Trinajstić information content (AvgIpc) is 2.55. The highest BCUT2D eigenvalue weighted by Crippen LogP contribution is 2.30. The molecule has 0 radical (unpaired) electrons. The Labute approximate surface area is 104 Å². The van der Waals surface area contributed by atoms with Crippen molar-refractivity contribution in [1.82, 2.24) is 9.78 Å². The molecule has 0 aliphatic heterocycles. The van der Waals surface area contributed by atoms with Gasteiger partial charge < -0.3 is 0 Å². The number of carbonyl (C=O) groups excluding carboxylic acids is 1. The molecular formula is C11H7BrF2N2O. The molecule has 0 amide bonds. The monoisotopic (exact) mass is 300 g/mol. The number of aryl methyl sites for hydroxylation is 1. The molecule has 0 unspecified atom stereocenters. The summed E-state index contributed by atoms with van der Waals surface area (Å²) < 4.78 is 28.9. The van der Waals surface area contributed by atoms with E-state index in [2.05, 4.69) is 21.0 Å². The van der Waals surface area contributed by atoms with Gasteiger partial charge in [-0.2, -0.15) is 5.10 Å². The van der Waals surface area contributed by atoms with Gasteiger partial charge in [0.25, 0.3) is 0 Å². The molecule has 6 heteroatoms. The van der Waals surface area contributed by atoms with Crippen LogP contribution in [0.5, 0.6) is 0 Å². The number of carbonyl (C=O) groups is 1. The first-order valence-electron chi connectivity index (χ1n) is 4.68. The van der Waals surface area contributed by atoms with Gasteiger partial charge in [0.15, 0.2) is 6.29 Å². The van der Waals surface area contributed by atoms with Gasteiger partial charge in [0.05, 0.1) is 11.1 Å². The molecule has 0 aliphatic carbocycles. The SMILES string of the molecule is Cn1nc(-c2c(F)cccc2F)c(C=O)c1Br. The van der Waals surface area contributed by atoms with Gasteiger partial charge in [-0.1, -0.05) is 6.07 Å². The number of halogens is 3. The van der Waals surface area contributed by atoms with Crippen molar-refractivity contribution < 1.29 is 13.6 Å². The van der Waals surface area contributed by atoms with Crippen LogP contribution in [0.3, 0.4) is 0 Å². The summed E-state index contributed by atoms with van der Waals surface area (Å²) in [4.78, 5) is 10.9. The zero-order chi connectivity index (χ0) is 12.6. The minimum Gasteiger partial charge on any atom is -0.298 e. The minimum absolute atomic E-state index is 0.00928. The Morgan fingerprint density at radius 2 is 1.94 bits per heavy atom. The zero-order valence-corrected chi connectivity index (χ0v) is 10.3. The smallest absolute Gasteiger partial charge is 0.155 e. The largest absolute Gasteiger partial charge is 0.298 e. The van der Waals surface area contributed by atoms with Gasteiger partial charge in [-0.25, -0.2) is 8.78 Å². The van der Waals surface area contributed by atoms with Crippen molar-refractivity contribution >= 4 is 22.2 Å². The van der Waals surface area contributed by atoms with Crippen molar-refractivity contribution in [3.05, 3.63) is 40.0 Å². The highest BCUT2D eigenvalue weighted by Gasteiger charge is 2.21. The summed E-state index contributed by atoms with van der Waals surface area (Å²) in [5.41, 5.74) is -0.183. The van der Waals surface area contributed by atoms with E-state index in [9.17, 15) is 13.6 Å². The summed E-state index contributed by atoms with van der Waals surface area (Å²) in [6.45, 7) is 0. The second-order valence-electron chi connectivity index (χ2n) is 3.39. The molecule has 2 rings (SSSR count). The first-order valence-corrected chi connectivity index (χ1v) is 5.47. The van der Waals surface area contributed by atoms with Gasteiger partial charge in [-0.15, -0.1) is 0 Å². The molecule has 0 atom stereocenters. The second kappa shape index (κ2) is 4.37. The van der Waals surface area contributed by atoms with E-state index in [1.54, 1.807) is 7.05 Å². The maximum absolute atomic E-state index is 13.6. The molecule has 1 aromatic carbocycles. The third-order valence-corrected chi connectivity index (χ3v) is 3.27. The van der Waals surface area contributed by atoms with Crippen molar-refractivity contribution in [2.24, 2.45) is 7.05 Å². The molecule has 0 N–H and O–H groups in total. The van der Waals surface area contributed by atoms with Crippen LogP contribution in [-0.2, 0) is 7.05 Å². The Bertz CT molecular complexity index is 575. The lowest BCUT2D eigenvalue weighted by atomic mass is 10.1. The van der Waals surface area contributed by atoms with Crippen LogP contribution >= 0.6 is 15.9 Å². The van der Waals surface area contributed by atoms with Gasteiger partial charge in [-0.3, -0.25) is 9.48 Å². The number of nitrogens with zero attached hydrogens (tertiary/aromatic N) is 2. The van der Waals surface area contributed by atoms with Crippen LogP contribution in [-0.4, -0.2) is 16.1 Å². The normalized spacial score (nSPS) is 10.6. The number of aromatic nitrogens is 2. The molecule has 0 spiro atoms. The molecule has 0 bridgehead atoms. The number of hydrogen-bond donors (Lipinski definition) is 0. The fraction of sp³-hybridized carbons (Fsp3) is 0.0909. The predicted molar refractivity (Wildman–Crippen MR) is 61.6 cm³/mol. The maximum atomic E-state index is 13.6. The van der Waals surface area contributed by atoms with Crippen molar-refractivity contribution in [2.45, 2.75) is 0 Å². The van der Waals surface area contributed by atoms with Crippen LogP contribution in [0.1, 0.15) is 10.4 Å². The number of aldehydes is 1. The van der Waals surface area contributed by atoms with Gasteiger partial charge >= 0.3 is 0 Å². The average molecular weight is 301 g/mol. The van der Waals surface area contributed by atoms with Gasteiger partial charge in [-0.05, 0) is 28.1 Å². The van der Waals surface area contributed by atoms with E-state index < -0.39 is 11.6 Å². The molecular weight excluding hydrogens is 294 g/mol. The van der Waals surface area contributed by atoms with E-state index in [4.69, 9.17) is 0 Å². The molecule has 1 aromatic heterocycles. The number of benzene rings is 1. The Balaban J connectivity index is 2.77. The summed E-state index contributed by atoms with van der Waals surface area (Å²) in [7, 11) is 1.57. The molecule has 0 saturated carbocycles. The molecule has 88 valence electrons. The highest BCUT2D eigenvalue weighted by molar-refractivity contribution is 9.10. The van der Waals surface area contributed by atoms with Crippen LogP contribution in [0.15, 0.2) is 22.8 Å². The van der Waals surface area contributed by atoms with Crippen LogP contribution in [0.2, 0.25) is 0 Å². The topological polar surface area (TPSA) is 34.9 Å². The second-order valence-corrected chi connectivity index (χ2v) is 4.14. The van der Waals surface area contributed by atoms with Gasteiger partial charge in [0.1, 0.15) is 21.9 Å². The predicted octanol–water partition coefficient (Wildman–Crippen LogP) is 2.94. The van der Waals surface area contributed by atoms with Crippen LogP contribution in [0, 0.1) is 11.6 Å². The molecule has 3 nitrogen and oxygen atoms in total. The summed E-state index contributed by atoms with van der Waals surface area (Å²) in [6, 6.07) is 3.50. The molecule has 2 aromatic rings. The Morgan fingerprint density at radius 1 is 1.35 bits per heavy atom. The van der Waals surface area contributed by atoms with Crippen LogP contribution < -0.4 is 0 Å². The van der Waals surface area contributed by atoms with E-state index in [1.807, 2.05) is 0 Å². The minimum atomic E-state index is -0.751. The summed E-state index contributed by atoms with van der Waals surface area (Å²) in [5.74, 6) is -1.50. The van der Waals surface area contributed by atoms with Gasteiger partial charge in [0.2, 0.25) is 0 Å². The lowest BCUT2D eigenvalue weighted by Gasteiger charge is -2.01. The first kappa shape index (κ1) is 11.9.